The SMILES string of the molecule is C=C(/C=C\C=C(/C)C(=C)N1CCC(C#N)C1)C1=Cc2c([nH]c(C3=CCCCC3)c2Cl)NC1. The molecule has 0 spiro atoms. The van der Waals surface area contributed by atoms with Gasteiger partial charge in [0.05, 0.1) is 22.7 Å². The smallest absolute Gasteiger partial charge is 0.112 e. The van der Waals surface area contributed by atoms with Crippen molar-refractivity contribution in [2.24, 2.45) is 5.92 Å². The number of nitrogens with one attached hydrogen (secondary N) is 2. The fourth-order valence-electron chi connectivity index (χ4n) is 4.54. The molecule has 0 bridgehead atoms. The van der Waals surface area contributed by atoms with E-state index in [1.54, 1.807) is 0 Å². The van der Waals surface area contributed by atoms with Gasteiger partial charge in [0, 0.05) is 30.9 Å². The predicted octanol–water partition coefficient (Wildman–Crippen LogP) is 6.85. The van der Waals surface area contributed by atoms with Crippen LogP contribution in [0.5, 0.6) is 0 Å². The summed E-state index contributed by atoms with van der Waals surface area (Å²) in [6.45, 7) is 12.9. The highest BCUT2D eigenvalue weighted by Crippen LogP contribution is 2.39. The average molecular weight is 447 g/mol. The van der Waals surface area contributed by atoms with Crippen LogP contribution in [-0.4, -0.2) is 29.5 Å². The second kappa shape index (κ2) is 9.71. The molecular weight excluding hydrogens is 416 g/mol. The number of halogens is 1. The lowest BCUT2D eigenvalue weighted by atomic mass is 9.96. The van der Waals surface area contributed by atoms with E-state index in [-0.39, 0.29) is 5.92 Å². The van der Waals surface area contributed by atoms with E-state index in [1.165, 1.54) is 18.4 Å². The molecule has 5 heteroatoms. The van der Waals surface area contributed by atoms with Crippen molar-refractivity contribution in [1.82, 2.24) is 9.88 Å². The first kappa shape index (κ1) is 22.3. The fraction of sp³-hybridized carbons (Fsp3) is 0.370. The number of H-pyrrole nitrogens is 1. The highest BCUT2D eigenvalue weighted by atomic mass is 35.5. The van der Waals surface area contributed by atoms with Gasteiger partial charge in [-0.25, -0.2) is 0 Å². The normalized spacial score (nSPS) is 21.0. The number of aromatic amines is 1. The first-order chi connectivity index (χ1) is 15.5. The molecule has 166 valence electrons. The summed E-state index contributed by atoms with van der Waals surface area (Å²) in [5.74, 6) is 1.10. The quantitative estimate of drug-likeness (QED) is 0.469. The topological polar surface area (TPSA) is 54.9 Å². The molecule has 1 fully saturated rings. The summed E-state index contributed by atoms with van der Waals surface area (Å²) in [6.07, 6.45) is 16.2. The van der Waals surface area contributed by atoms with E-state index < -0.39 is 0 Å². The summed E-state index contributed by atoms with van der Waals surface area (Å²) in [5.41, 5.74) is 7.57. The Labute approximate surface area is 196 Å². The van der Waals surface area contributed by atoms with Crippen molar-refractivity contribution in [3.63, 3.8) is 0 Å². The van der Waals surface area contributed by atoms with Gasteiger partial charge >= 0.3 is 0 Å². The minimum atomic E-state index is 0.112. The zero-order valence-corrected chi connectivity index (χ0v) is 19.6. The van der Waals surface area contributed by atoms with Gasteiger partial charge in [-0.15, -0.1) is 0 Å². The van der Waals surface area contributed by atoms with Gasteiger partial charge in [-0.2, -0.15) is 5.26 Å². The van der Waals surface area contributed by atoms with Crippen molar-refractivity contribution in [2.45, 2.75) is 39.0 Å². The second-order valence-corrected chi connectivity index (χ2v) is 9.22. The molecule has 1 aromatic heterocycles. The van der Waals surface area contributed by atoms with E-state index in [4.69, 9.17) is 16.9 Å². The summed E-state index contributed by atoms with van der Waals surface area (Å²) < 4.78 is 0. The van der Waals surface area contributed by atoms with Gasteiger partial charge in [0.1, 0.15) is 5.82 Å². The zero-order valence-electron chi connectivity index (χ0n) is 18.8. The molecule has 0 radical (unpaired) electrons. The highest BCUT2D eigenvalue weighted by Gasteiger charge is 2.23. The molecule has 3 heterocycles. The number of fused-ring (bicyclic) bond motifs is 1. The van der Waals surface area contributed by atoms with Crippen molar-refractivity contribution in [3.8, 4) is 6.07 Å². The summed E-state index contributed by atoms with van der Waals surface area (Å²) in [5, 5.41) is 13.4. The Morgan fingerprint density at radius 3 is 2.91 bits per heavy atom. The Hall–Kier alpha value is -2.90. The number of anilines is 1. The Balaban J connectivity index is 1.44. The Morgan fingerprint density at radius 1 is 1.34 bits per heavy atom. The first-order valence-corrected chi connectivity index (χ1v) is 11.8. The molecule has 1 aliphatic carbocycles. The van der Waals surface area contributed by atoms with Crippen molar-refractivity contribution >= 4 is 29.1 Å². The van der Waals surface area contributed by atoms with Crippen LogP contribution >= 0.6 is 11.6 Å². The van der Waals surface area contributed by atoms with E-state index in [0.29, 0.717) is 6.54 Å². The number of nitrogens with zero attached hydrogens (tertiary/aromatic N) is 2. The Bertz CT molecular complexity index is 1090. The maximum absolute atomic E-state index is 9.11. The largest absolute Gasteiger partial charge is 0.370 e. The van der Waals surface area contributed by atoms with Crippen LogP contribution in [0.3, 0.4) is 0 Å². The number of allylic oxidation sites excluding steroid dienone is 6. The number of hydrogen-bond acceptors (Lipinski definition) is 3. The average Bonchev–Trinajstić information content (AvgIpc) is 3.43. The molecule has 2 aliphatic heterocycles. The number of rotatable bonds is 6. The molecule has 3 aliphatic rings. The van der Waals surface area contributed by atoms with Gasteiger partial charge in [0.2, 0.25) is 0 Å². The van der Waals surface area contributed by atoms with Crippen LogP contribution in [0.1, 0.15) is 50.3 Å². The standard InChI is InChI=1S/C27H31ClN4/c1-18(20(3)32-13-12-21(15-29)17-32)8-7-9-19(2)23-14-24-25(28)26(31-27(24)30-16-23)22-10-5-4-6-11-22/h7-10,14,21,30-31H,2-6,11-13,16-17H2,1H3/b9-7-,18-8+. The Morgan fingerprint density at radius 2 is 2.19 bits per heavy atom. The molecule has 1 saturated heterocycles. The molecule has 4 nitrogen and oxygen atoms in total. The van der Waals surface area contributed by atoms with Crippen LogP contribution in [-0.2, 0) is 0 Å². The van der Waals surface area contributed by atoms with Crippen molar-refractivity contribution in [2.75, 3.05) is 25.0 Å². The van der Waals surface area contributed by atoms with Crippen LogP contribution in [0, 0.1) is 17.2 Å². The van der Waals surface area contributed by atoms with E-state index in [2.05, 4.69) is 59.6 Å². The lowest BCUT2D eigenvalue weighted by molar-refractivity contribution is 0.427. The van der Waals surface area contributed by atoms with Crippen molar-refractivity contribution in [1.29, 1.82) is 5.26 Å². The minimum Gasteiger partial charge on any atom is -0.370 e. The zero-order chi connectivity index (χ0) is 22.7. The van der Waals surface area contributed by atoms with E-state index in [1.807, 2.05) is 12.2 Å². The summed E-state index contributed by atoms with van der Waals surface area (Å²) in [6, 6.07) is 2.36. The molecule has 1 unspecified atom stereocenters. The third-order valence-corrected chi connectivity index (χ3v) is 7.02. The van der Waals surface area contributed by atoms with Crippen molar-refractivity contribution in [3.05, 3.63) is 76.2 Å². The number of aromatic nitrogens is 1. The van der Waals surface area contributed by atoms with Crippen LogP contribution in [0.15, 0.2) is 59.9 Å². The van der Waals surface area contributed by atoms with E-state index in [0.717, 1.165) is 76.9 Å². The maximum atomic E-state index is 9.11. The molecule has 32 heavy (non-hydrogen) atoms. The molecule has 0 aromatic carbocycles. The van der Waals surface area contributed by atoms with Gasteiger partial charge < -0.3 is 15.2 Å². The third kappa shape index (κ3) is 4.64. The summed E-state index contributed by atoms with van der Waals surface area (Å²) in [4.78, 5) is 5.69. The minimum absolute atomic E-state index is 0.112. The summed E-state index contributed by atoms with van der Waals surface area (Å²) in [7, 11) is 0. The highest BCUT2D eigenvalue weighted by molar-refractivity contribution is 6.34. The molecule has 1 aromatic rings. The Kier molecular flexibility index (Phi) is 6.77. The lowest BCUT2D eigenvalue weighted by Crippen LogP contribution is -2.19. The molecule has 2 N–H and O–H groups in total. The van der Waals surface area contributed by atoms with Gasteiger partial charge in [-0.1, -0.05) is 49.1 Å². The summed E-state index contributed by atoms with van der Waals surface area (Å²) >= 11 is 6.76. The first-order valence-electron chi connectivity index (χ1n) is 11.4. The van der Waals surface area contributed by atoms with E-state index in [9.17, 15) is 0 Å². The van der Waals surface area contributed by atoms with E-state index >= 15 is 0 Å². The monoisotopic (exact) mass is 446 g/mol. The second-order valence-electron chi connectivity index (χ2n) is 8.84. The van der Waals surface area contributed by atoms with Crippen LogP contribution < -0.4 is 5.32 Å². The van der Waals surface area contributed by atoms with Crippen LogP contribution in [0.2, 0.25) is 5.02 Å². The molecule has 4 rings (SSSR count). The van der Waals surface area contributed by atoms with Crippen LogP contribution in [0.25, 0.3) is 11.6 Å². The molecule has 0 amide bonds. The van der Waals surface area contributed by atoms with Gasteiger partial charge in [0.25, 0.3) is 0 Å². The molecule has 1 atom stereocenters. The van der Waals surface area contributed by atoms with Gasteiger partial charge in [0.15, 0.2) is 0 Å². The molecular formula is C27H31ClN4. The maximum Gasteiger partial charge on any atom is 0.112 e. The van der Waals surface area contributed by atoms with Crippen molar-refractivity contribution < 1.29 is 0 Å². The third-order valence-electron chi connectivity index (χ3n) is 6.63. The fourth-order valence-corrected chi connectivity index (χ4v) is 4.86. The molecule has 0 saturated carbocycles. The lowest BCUT2D eigenvalue weighted by Gasteiger charge is -2.20. The number of hydrogen-bond donors (Lipinski definition) is 2. The van der Waals surface area contributed by atoms with Crippen LogP contribution in [0.4, 0.5) is 5.82 Å². The number of likely N-dealkylation sites (tertiary alicyclic amines) is 1. The van der Waals surface area contributed by atoms with Gasteiger partial charge in [-0.05, 0) is 67.4 Å². The predicted molar refractivity (Wildman–Crippen MR) is 135 cm³/mol. The van der Waals surface area contributed by atoms with Gasteiger partial charge in [-0.3, -0.25) is 0 Å². The number of nitriles is 1.